The van der Waals surface area contributed by atoms with Crippen LogP contribution in [0.4, 0.5) is 14.6 Å². The second-order valence-electron chi connectivity index (χ2n) is 3.64. The molecule has 0 aliphatic carbocycles. The molecule has 0 saturated heterocycles. The lowest BCUT2D eigenvalue weighted by atomic mass is 10.2. The summed E-state index contributed by atoms with van der Waals surface area (Å²) in [5.74, 6) is -0.854. The first-order valence-electron chi connectivity index (χ1n) is 4.92. The Balaban J connectivity index is 2.41. The van der Waals surface area contributed by atoms with Crippen molar-refractivity contribution in [1.82, 2.24) is 9.78 Å². The molecule has 2 aromatic rings. The van der Waals surface area contributed by atoms with Crippen LogP contribution in [0.3, 0.4) is 0 Å². The molecule has 2 rings (SSSR count). The average molecular weight is 302 g/mol. The number of hydrogen-bond acceptors (Lipinski definition) is 2. The van der Waals surface area contributed by atoms with Gasteiger partial charge in [0.05, 0.1) is 16.7 Å². The summed E-state index contributed by atoms with van der Waals surface area (Å²) in [5.41, 5.74) is 6.39. The summed E-state index contributed by atoms with van der Waals surface area (Å²) in [6.45, 7) is 1.73. The molecule has 1 heterocycles. The molecule has 2 N–H and O–H groups in total. The fourth-order valence-corrected chi connectivity index (χ4v) is 1.82. The minimum absolute atomic E-state index is 0.0310. The van der Waals surface area contributed by atoms with E-state index >= 15 is 0 Å². The van der Waals surface area contributed by atoms with E-state index in [1.807, 2.05) is 0 Å². The minimum Gasteiger partial charge on any atom is -0.383 e. The number of aromatic nitrogens is 2. The van der Waals surface area contributed by atoms with Crippen LogP contribution in [-0.4, -0.2) is 9.78 Å². The van der Waals surface area contributed by atoms with E-state index in [-0.39, 0.29) is 12.1 Å². The molecule has 0 atom stereocenters. The summed E-state index contributed by atoms with van der Waals surface area (Å²) < 4.78 is 28.9. The Hall–Kier alpha value is -1.43. The van der Waals surface area contributed by atoms with Crippen LogP contribution >= 0.6 is 15.9 Å². The van der Waals surface area contributed by atoms with Crippen LogP contribution < -0.4 is 5.73 Å². The van der Waals surface area contributed by atoms with Gasteiger partial charge in [0.2, 0.25) is 0 Å². The van der Waals surface area contributed by atoms with Gasteiger partial charge in [-0.05, 0) is 35.0 Å². The maximum Gasteiger partial charge on any atom is 0.136 e. The van der Waals surface area contributed by atoms with Crippen molar-refractivity contribution in [3.8, 4) is 0 Å². The molecule has 0 aliphatic rings. The number of nitrogen functional groups attached to an aromatic ring is 1. The standard InChI is InChI=1S/C11H10BrF2N3/c1-6-10(12)11(15)17(16-6)5-7-8(13)3-2-4-9(7)14/h2-4H,5,15H2,1H3. The van der Waals surface area contributed by atoms with E-state index in [2.05, 4.69) is 21.0 Å². The highest BCUT2D eigenvalue weighted by atomic mass is 79.9. The van der Waals surface area contributed by atoms with Crippen LogP contribution in [0.15, 0.2) is 22.7 Å². The van der Waals surface area contributed by atoms with E-state index < -0.39 is 11.6 Å². The molecule has 0 radical (unpaired) electrons. The highest BCUT2D eigenvalue weighted by Crippen LogP contribution is 2.24. The fourth-order valence-electron chi connectivity index (χ4n) is 1.53. The van der Waals surface area contributed by atoms with E-state index in [0.29, 0.717) is 16.0 Å². The monoisotopic (exact) mass is 301 g/mol. The van der Waals surface area contributed by atoms with Gasteiger partial charge in [-0.15, -0.1) is 0 Å². The molecule has 0 amide bonds. The largest absolute Gasteiger partial charge is 0.383 e. The molecule has 1 aromatic heterocycles. The summed E-state index contributed by atoms with van der Waals surface area (Å²) in [4.78, 5) is 0. The molecular formula is C11H10BrF2N3. The van der Waals surface area contributed by atoms with Crippen LogP contribution in [0.5, 0.6) is 0 Å². The topological polar surface area (TPSA) is 43.8 Å². The number of anilines is 1. The van der Waals surface area contributed by atoms with Crippen molar-refractivity contribution < 1.29 is 8.78 Å². The summed E-state index contributed by atoms with van der Waals surface area (Å²) in [5, 5.41) is 4.10. The number of hydrogen-bond donors (Lipinski definition) is 1. The zero-order valence-electron chi connectivity index (χ0n) is 9.04. The van der Waals surface area contributed by atoms with Crippen molar-refractivity contribution in [3.63, 3.8) is 0 Å². The molecule has 1 aromatic carbocycles. The zero-order chi connectivity index (χ0) is 12.6. The molecule has 0 bridgehead atoms. The SMILES string of the molecule is Cc1nn(Cc2c(F)cccc2F)c(N)c1Br. The van der Waals surface area contributed by atoms with Gasteiger partial charge in [-0.2, -0.15) is 5.10 Å². The van der Waals surface area contributed by atoms with Gasteiger partial charge in [-0.3, -0.25) is 0 Å². The Labute approximate surface area is 105 Å². The van der Waals surface area contributed by atoms with Crippen molar-refractivity contribution in [2.24, 2.45) is 0 Å². The highest BCUT2D eigenvalue weighted by molar-refractivity contribution is 9.10. The van der Waals surface area contributed by atoms with E-state index in [0.717, 1.165) is 0 Å². The van der Waals surface area contributed by atoms with Crippen molar-refractivity contribution in [3.05, 3.63) is 45.6 Å². The highest BCUT2D eigenvalue weighted by Gasteiger charge is 2.14. The first kappa shape index (κ1) is 12.0. The second kappa shape index (κ2) is 4.44. The Kier molecular flexibility index (Phi) is 3.15. The van der Waals surface area contributed by atoms with Gasteiger partial charge < -0.3 is 5.73 Å². The summed E-state index contributed by atoms with van der Waals surface area (Å²) >= 11 is 3.25. The Morgan fingerprint density at radius 1 is 1.35 bits per heavy atom. The average Bonchev–Trinajstić information content (AvgIpc) is 2.52. The summed E-state index contributed by atoms with van der Waals surface area (Å²) in [6, 6.07) is 3.74. The normalized spacial score (nSPS) is 10.8. The lowest BCUT2D eigenvalue weighted by molar-refractivity contribution is 0.534. The van der Waals surface area contributed by atoms with Gasteiger partial charge in [-0.25, -0.2) is 13.5 Å². The first-order chi connectivity index (χ1) is 8.00. The van der Waals surface area contributed by atoms with Gasteiger partial charge in [0.1, 0.15) is 17.5 Å². The van der Waals surface area contributed by atoms with Crippen molar-refractivity contribution in [2.45, 2.75) is 13.5 Å². The summed E-state index contributed by atoms with van der Waals surface area (Å²) in [7, 11) is 0. The Morgan fingerprint density at radius 2 is 1.94 bits per heavy atom. The third-order valence-electron chi connectivity index (χ3n) is 2.46. The predicted molar refractivity (Wildman–Crippen MR) is 64.5 cm³/mol. The quantitative estimate of drug-likeness (QED) is 0.927. The number of nitrogens with zero attached hydrogens (tertiary/aromatic N) is 2. The van der Waals surface area contributed by atoms with Gasteiger partial charge in [-0.1, -0.05) is 6.07 Å². The molecule has 6 heteroatoms. The minimum atomic E-state index is -0.603. The number of benzene rings is 1. The Morgan fingerprint density at radius 3 is 2.41 bits per heavy atom. The van der Waals surface area contributed by atoms with E-state index in [4.69, 9.17) is 5.73 Å². The zero-order valence-corrected chi connectivity index (χ0v) is 10.6. The summed E-state index contributed by atoms with van der Waals surface area (Å²) in [6.07, 6.45) is 0. The lowest BCUT2D eigenvalue weighted by Gasteiger charge is -2.06. The number of nitrogens with two attached hydrogens (primary N) is 1. The van der Waals surface area contributed by atoms with Gasteiger partial charge in [0, 0.05) is 5.56 Å². The third kappa shape index (κ3) is 2.17. The molecular weight excluding hydrogens is 292 g/mol. The van der Waals surface area contributed by atoms with Gasteiger partial charge >= 0.3 is 0 Å². The Bertz CT molecular complexity index is 546. The lowest BCUT2D eigenvalue weighted by Crippen LogP contribution is -2.09. The van der Waals surface area contributed by atoms with E-state index in [1.165, 1.54) is 22.9 Å². The molecule has 0 aliphatic heterocycles. The van der Waals surface area contributed by atoms with Crippen LogP contribution in [-0.2, 0) is 6.54 Å². The number of halogens is 3. The molecule has 0 fully saturated rings. The van der Waals surface area contributed by atoms with Crippen molar-refractivity contribution >= 4 is 21.7 Å². The molecule has 0 spiro atoms. The molecule has 0 saturated carbocycles. The molecule has 3 nitrogen and oxygen atoms in total. The van der Waals surface area contributed by atoms with Crippen molar-refractivity contribution in [2.75, 3.05) is 5.73 Å². The second-order valence-corrected chi connectivity index (χ2v) is 4.44. The predicted octanol–water partition coefficient (Wildman–Crippen LogP) is 2.86. The first-order valence-corrected chi connectivity index (χ1v) is 5.71. The van der Waals surface area contributed by atoms with Gasteiger partial charge in [0.25, 0.3) is 0 Å². The number of aryl methyl sites for hydroxylation is 1. The van der Waals surface area contributed by atoms with Crippen LogP contribution in [0.25, 0.3) is 0 Å². The van der Waals surface area contributed by atoms with E-state index in [1.54, 1.807) is 6.92 Å². The van der Waals surface area contributed by atoms with Crippen molar-refractivity contribution in [1.29, 1.82) is 0 Å². The third-order valence-corrected chi connectivity index (χ3v) is 3.44. The van der Waals surface area contributed by atoms with E-state index in [9.17, 15) is 8.78 Å². The molecule has 90 valence electrons. The van der Waals surface area contributed by atoms with Gasteiger partial charge in [0.15, 0.2) is 0 Å². The van der Waals surface area contributed by atoms with Crippen LogP contribution in [0.1, 0.15) is 11.3 Å². The number of rotatable bonds is 2. The maximum atomic E-state index is 13.4. The maximum absolute atomic E-state index is 13.4. The molecule has 0 unspecified atom stereocenters. The van der Waals surface area contributed by atoms with Crippen LogP contribution in [0.2, 0.25) is 0 Å². The van der Waals surface area contributed by atoms with Crippen LogP contribution in [0, 0.1) is 18.6 Å². The fraction of sp³-hybridized carbons (Fsp3) is 0.182. The molecule has 17 heavy (non-hydrogen) atoms. The smallest absolute Gasteiger partial charge is 0.136 e.